The predicted octanol–water partition coefficient (Wildman–Crippen LogP) is 3.95. The van der Waals surface area contributed by atoms with Crippen molar-refractivity contribution in [2.24, 2.45) is 0 Å². The third kappa shape index (κ3) is 9.40. The van der Waals surface area contributed by atoms with E-state index in [9.17, 15) is 0 Å². The van der Waals surface area contributed by atoms with E-state index in [-0.39, 0.29) is 0 Å². The maximum atomic E-state index is 5.47. The Bertz CT molecular complexity index is 183. The average Bonchev–Trinajstić information content (AvgIpc) is 2.26. The topological polar surface area (TPSA) is 15.3 Å². The van der Waals surface area contributed by atoms with Crippen LogP contribution in [0, 0.1) is 0 Å². The molecule has 0 aromatic heterocycles. The zero-order valence-corrected chi connectivity index (χ0v) is 12.9. The van der Waals surface area contributed by atoms with E-state index in [0.717, 1.165) is 18.2 Å². The molecule has 102 valence electrons. The van der Waals surface area contributed by atoms with E-state index in [2.05, 4.69) is 37.9 Å². The summed E-state index contributed by atoms with van der Waals surface area (Å²) in [5.41, 5.74) is 0. The first-order valence-electron chi connectivity index (χ1n) is 7.17. The maximum Gasteiger partial charge on any atom is 0.169 e. The summed E-state index contributed by atoms with van der Waals surface area (Å²) in [6.07, 6.45) is 7.65. The van der Waals surface area contributed by atoms with Crippen molar-refractivity contribution >= 4 is 17.3 Å². The van der Waals surface area contributed by atoms with Gasteiger partial charge in [-0.15, -0.1) is 0 Å². The van der Waals surface area contributed by atoms with Crippen LogP contribution in [-0.2, 0) is 0 Å². The van der Waals surface area contributed by atoms with Crippen LogP contribution < -0.4 is 5.32 Å². The molecule has 0 atom stereocenters. The lowest BCUT2D eigenvalue weighted by molar-refractivity contribution is 0.381. The van der Waals surface area contributed by atoms with E-state index in [1.54, 1.807) is 0 Å². The fourth-order valence-electron chi connectivity index (χ4n) is 1.76. The molecule has 0 rings (SSSR count). The Morgan fingerprint density at radius 2 is 1.47 bits per heavy atom. The molecular weight excluding hydrogens is 228 g/mol. The van der Waals surface area contributed by atoms with Crippen molar-refractivity contribution in [2.45, 2.75) is 72.3 Å². The molecule has 0 aliphatic carbocycles. The highest BCUT2D eigenvalue weighted by atomic mass is 32.1. The molecule has 0 bridgehead atoms. The lowest BCUT2D eigenvalue weighted by Gasteiger charge is -2.27. The molecule has 0 aromatic rings. The van der Waals surface area contributed by atoms with E-state index in [4.69, 9.17) is 12.2 Å². The monoisotopic (exact) mass is 258 g/mol. The van der Waals surface area contributed by atoms with E-state index in [0.29, 0.717) is 6.04 Å². The number of rotatable bonds is 9. The molecule has 0 aliphatic rings. The fourth-order valence-corrected chi connectivity index (χ4v) is 2.18. The second-order valence-electron chi connectivity index (χ2n) is 5.01. The van der Waals surface area contributed by atoms with Gasteiger partial charge >= 0.3 is 0 Å². The Labute approximate surface area is 113 Å². The molecule has 0 saturated carbocycles. The van der Waals surface area contributed by atoms with E-state index < -0.39 is 0 Å². The lowest BCUT2D eigenvalue weighted by atomic mass is 10.2. The van der Waals surface area contributed by atoms with E-state index >= 15 is 0 Å². The molecular formula is C14H30N2S. The molecule has 0 saturated heterocycles. The second-order valence-corrected chi connectivity index (χ2v) is 5.39. The average molecular weight is 258 g/mol. The Hall–Kier alpha value is -0.310. The summed E-state index contributed by atoms with van der Waals surface area (Å²) in [5, 5.41) is 4.29. The van der Waals surface area contributed by atoms with Crippen molar-refractivity contribution in [3.8, 4) is 0 Å². The van der Waals surface area contributed by atoms with Crippen LogP contribution in [0.1, 0.15) is 66.2 Å². The first kappa shape index (κ1) is 16.7. The largest absolute Gasteiger partial charge is 0.360 e. The summed E-state index contributed by atoms with van der Waals surface area (Å²) in [4.78, 5) is 2.35. The number of nitrogens with one attached hydrogen (secondary N) is 1. The molecule has 0 heterocycles. The molecule has 2 nitrogen and oxygen atoms in total. The molecule has 1 N–H and O–H groups in total. The van der Waals surface area contributed by atoms with Crippen LogP contribution in [0.2, 0.25) is 0 Å². The predicted molar refractivity (Wildman–Crippen MR) is 81.5 cm³/mol. The van der Waals surface area contributed by atoms with Crippen molar-refractivity contribution in [2.75, 3.05) is 13.1 Å². The summed E-state index contributed by atoms with van der Waals surface area (Å²) in [6, 6.07) is 0.433. The van der Waals surface area contributed by atoms with Crippen molar-refractivity contribution in [3.05, 3.63) is 0 Å². The lowest BCUT2D eigenvalue weighted by Crippen LogP contribution is -2.43. The molecule has 0 fully saturated rings. The van der Waals surface area contributed by atoms with Crippen LogP contribution in [0.4, 0.5) is 0 Å². The van der Waals surface area contributed by atoms with Crippen LogP contribution in [0.15, 0.2) is 0 Å². The SMILES string of the molecule is CCCCCN(CCCCC)C(=S)NC(C)C. The van der Waals surface area contributed by atoms with Crippen LogP contribution in [-0.4, -0.2) is 29.1 Å². The summed E-state index contributed by atoms with van der Waals surface area (Å²) in [6.45, 7) is 11.0. The summed E-state index contributed by atoms with van der Waals surface area (Å²) in [7, 11) is 0. The molecule has 0 unspecified atom stereocenters. The Balaban J connectivity index is 4.03. The minimum atomic E-state index is 0.433. The quantitative estimate of drug-likeness (QED) is 0.498. The Morgan fingerprint density at radius 1 is 1.00 bits per heavy atom. The first-order chi connectivity index (χ1) is 8.11. The van der Waals surface area contributed by atoms with Gasteiger partial charge in [-0.05, 0) is 38.9 Å². The zero-order valence-electron chi connectivity index (χ0n) is 12.1. The van der Waals surface area contributed by atoms with Gasteiger partial charge < -0.3 is 10.2 Å². The van der Waals surface area contributed by atoms with Crippen LogP contribution >= 0.6 is 12.2 Å². The van der Waals surface area contributed by atoms with Crippen molar-refractivity contribution in [1.82, 2.24) is 10.2 Å². The van der Waals surface area contributed by atoms with Crippen molar-refractivity contribution in [3.63, 3.8) is 0 Å². The minimum absolute atomic E-state index is 0.433. The van der Waals surface area contributed by atoms with Gasteiger partial charge in [0.15, 0.2) is 5.11 Å². The molecule has 0 spiro atoms. The van der Waals surface area contributed by atoms with Gasteiger partial charge in [0, 0.05) is 19.1 Å². The van der Waals surface area contributed by atoms with Gasteiger partial charge in [0.1, 0.15) is 0 Å². The highest BCUT2D eigenvalue weighted by molar-refractivity contribution is 7.80. The molecule has 3 heteroatoms. The van der Waals surface area contributed by atoms with E-state index in [1.165, 1.54) is 38.5 Å². The van der Waals surface area contributed by atoms with Gasteiger partial charge in [0.05, 0.1) is 0 Å². The van der Waals surface area contributed by atoms with Crippen LogP contribution in [0.3, 0.4) is 0 Å². The van der Waals surface area contributed by atoms with E-state index in [1.807, 2.05) is 0 Å². The summed E-state index contributed by atoms with van der Waals surface area (Å²) >= 11 is 5.47. The number of thiocarbonyl (C=S) groups is 1. The van der Waals surface area contributed by atoms with Gasteiger partial charge in [0.2, 0.25) is 0 Å². The van der Waals surface area contributed by atoms with Gasteiger partial charge in [-0.3, -0.25) is 0 Å². The molecule has 0 amide bonds. The molecule has 17 heavy (non-hydrogen) atoms. The summed E-state index contributed by atoms with van der Waals surface area (Å²) < 4.78 is 0. The smallest absolute Gasteiger partial charge is 0.169 e. The number of nitrogens with zero attached hydrogens (tertiary/aromatic N) is 1. The molecule has 0 aromatic carbocycles. The Morgan fingerprint density at radius 3 is 1.82 bits per heavy atom. The molecule has 0 radical (unpaired) electrons. The fraction of sp³-hybridized carbons (Fsp3) is 0.929. The maximum absolute atomic E-state index is 5.47. The highest BCUT2D eigenvalue weighted by Crippen LogP contribution is 2.03. The van der Waals surface area contributed by atoms with Gasteiger partial charge in [-0.2, -0.15) is 0 Å². The third-order valence-electron chi connectivity index (χ3n) is 2.76. The van der Waals surface area contributed by atoms with Crippen molar-refractivity contribution < 1.29 is 0 Å². The Kier molecular flexibility index (Phi) is 10.6. The highest BCUT2D eigenvalue weighted by Gasteiger charge is 2.09. The normalized spacial score (nSPS) is 10.6. The first-order valence-corrected chi connectivity index (χ1v) is 7.58. The summed E-state index contributed by atoms with van der Waals surface area (Å²) in [5.74, 6) is 0. The number of hydrogen-bond acceptors (Lipinski definition) is 1. The third-order valence-corrected chi connectivity index (χ3v) is 3.14. The van der Waals surface area contributed by atoms with Gasteiger partial charge in [-0.25, -0.2) is 0 Å². The number of unbranched alkanes of at least 4 members (excludes halogenated alkanes) is 4. The molecule has 0 aliphatic heterocycles. The van der Waals surface area contributed by atoms with Gasteiger partial charge in [-0.1, -0.05) is 39.5 Å². The number of hydrogen-bond donors (Lipinski definition) is 1. The standard InChI is InChI=1S/C14H30N2S/c1-5-7-9-11-16(12-10-8-6-2)14(17)15-13(3)4/h13H,5-12H2,1-4H3,(H,15,17). The van der Waals surface area contributed by atoms with Crippen molar-refractivity contribution in [1.29, 1.82) is 0 Å². The second kappa shape index (κ2) is 10.8. The van der Waals surface area contributed by atoms with Crippen LogP contribution in [0.25, 0.3) is 0 Å². The minimum Gasteiger partial charge on any atom is -0.360 e. The zero-order chi connectivity index (χ0) is 13.1. The van der Waals surface area contributed by atoms with Gasteiger partial charge in [0.25, 0.3) is 0 Å². The van der Waals surface area contributed by atoms with Crippen LogP contribution in [0.5, 0.6) is 0 Å².